The maximum absolute atomic E-state index is 10.7. The van der Waals surface area contributed by atoms with Crippen molar-refractivity contribution in [2.24, 2.45) is 5.73 Å². The fourth-order valence-electron chi connectivity index (χ4n) is 2.89. The smallest absolute Gasteiger partial charge is 0.303 e. The van der Waals surface area contributed by atoms with Gasteiger partial charge in [-0.05, 0) is 65.2 Å². The van der Waals surface area contributed by atoms with E-state index in [9.17, 15) is 9.90 Å². The summed E-state index contributed by atoms with van der Waals surface area (Å²) in [5, 5.41) is 19.1. The average Bonchev–Trinajstić information content (AvgIpc) is 2.62. The van der Waals surface area contributed by atoms with Crippen LogP contribution in [-0.4, -0.2) is 16.2 Å². The summed E-state index contributed by atoms with van der Waals surface area (Å²) >= 11 is 3.38. The molecule has 0 heterocycles. The maximum atomic E-state index is 10.7. The highest BCUT2D eigenvalue weighted by Crippen LogP contribution is 2.39. The van der Waals surface area contributed by atoms with E-state index in [1.165, 1.54) is 12.0 Å². The van der Waals surface area contributed by atoms with E-state index >= 15 is 0 Å². The fourth-order valence-corrected chi connectivity index (χ4v) is 3.38. The standard InChI is InChI=1S/C15H20BrNO3/c16-11-8-9-4-2-1-3-5-10(9)14(15(11)20)12(17)6-7-13(18)19/h8,12,20H,1-7,17H2,(H,18,19). The van der Waals surface area contributed by atoms with Gasteiger partial charge in [0.2, 0.25) is 0 Å². The number of aromatic hydroxyl groups is 1. The molecule has 0 saturated heterocycles. The Hall–Kier alpha value is -1.07. The molecule has 0 bridgehead atoms. The summed E-state index contributed by atoms with van der Waals surface area (Å²) in [5.41, 5.74) is 9.23. The highest BCUT2D eigenvalue weighted by Gasteiger charge is 2.23. The second kappa shape index (κ2) is 6.59. The minimum absolute atomic E-state index is 0.0158. The number of nitrogens with two attached hydrogens (primary N) is 1. The first kappa shape index (κ1) is 15.3. The predicted octanol–water partition coefficient (Wildman–Crippen LogP) is 3.29. The topological polar surface area (TPSA) is 83.6 Å². The summed E-state index contributed by atoms with van der Waals surface area (Å²) in [7, 11) is 0. The number of halogens is 1. The van der Waals surface area contributed by atoms with Crippen molar-refractivity contribution in [1.82, 2.24) is 0 Å². The number of rotatable bonds is 4. The van der Waals surface area contributed by atoms with Crippen LogP contribution >= 0.6 is 15.9 Å². The Bertz CT molecular complexity index is 516. The van der Waals surface area contributed by atoms with Crippen molar-refractivity contribution in [2.75, 3.05) is 0 Å². The molecule has 0 aromatic heterocycles. The van der Waals surface area contributed by atoms with E-state index in [1.807, 2.05) is 6.07 Å². The molecule has 4 nitrogen and oxygen atoms in total. The van der Waals surface area contributed by atoms with Crippen LogP contribution in [0.3, 0.4) is 0 Å². The molecule has 2 rings (SSSR count). The van der Waals surface area contributed by atoms with Crippen LogP contribution in [0, 0.1) is 0 Å². The van der Waals surface area contributed by atoms with Gasteiger partial charge in [-0.3, -0.25) is 4.79 Å². The molecular weight excluding hydrogens is 322 g/mol. The summed E-state index contributed by atoms with van der Waals surface area (Å²) in [6, 6.07) is 1.54. The summed E-state index contributed by atoms with van der Waals surface area (Å²) in [6.45, 7) is 0. The summed E-state index contributed by atoms with van der Waals surface area (Å²) in [6.07, 6.45) is 5.67. The number of fused-ring (bicyclic) bond motifs is 1. The Morgan fingerprint density at radius 3 is 2.75 bits per heavy atom. The van der Waals surface area contributed by atoms with Crippen molar-refractivity contribution in [1.29, 1.82) is 0 Å². The molecule has 1 atom stereocenters. The van der Waals surface area contributed by atoms with Crippen molar-refractivity contribution < 1.29 is 15.0 Å². The van der Waals surface area contributed by atoms with Crippen molar-refractivity contribution >= 4 is 21.9 Å². The minimum atomic E-state index is -0.860. The molecule has 0 radical (unpaired) electrons. The van der Waals surface area contributed by atoms with Crippen LogP contribution in [0.2, 0.25) is 0 Å². The zero-order valence-corrected chi connectivity index (χ0v) is 12.9. The van der Waals surface area contributed by atoms with Crippen LogP contribution in [-0.2, 0) is 17.6 Å². The van der Waals surface area contributed by atoms with Gasteiger partial charge in [0.15, 0.2) is 0 Å². The van der Waals surface area contributed by atoms with Crippen molar-refractivity contribution in [2.45, 2.75) is 51.0 Å². The Kier molecular flexibility index (Phi) is 5.05. The molecule has 4 N–H and O–H groups in total. The second-order valence-corrected chi connectivity index (χ2v) is 6.21. The van der Waals surface area contributed by atoms with Gasteiger partial charge < -0.3 is 15.9 Å². The number of phenolic OH excluding ortho intramolecular Hbond substituents is 1. The molecule has 1 unspecified atom stereocenters. The average molecular weight is 342 g/mol. The zero-order chi connectivity index (χ0) is 14.7. The van der Waals surface area contributed by atoms with E-state index in [4.69, 9.17) is 10.8 Å². The Morgan fingerprint density at radius 2 is 2.05 bits per heavy atom. The van der Waals surface area contributed by atoms with Gasteiger partial charge in [-0.2, -0.15) is 0 Å². The number of carbonyl (C=O) groups is 1. The molecule has 0 aliphatic heterocycles. The lowest BCUT2D eigenvalue weighted by Gasteiger charge is -2.20. The normalized spacial score (nSPS) is 16.3. The third-order valence-corrected chi connectivity index (χ3v) is 4.51. The number of carboxylic acids is 1. The minimum Gasteiger partial charge on any atom is -0.506 e. The van der Waals surface area contributed by atoms with Crippen LogP contribution in [0.25, 0.3) is 0 Å². The van der Waals surface area contributed by atoms with Crippen LogP contribution in [0.15, 0.2) is 10.5 Å². The molecule has 1 aliphatic rings. The lowest BCUT2D eigenvalue weighted by molar-refractivity contribution is -0.137. The lowest BCUT2D eigenvalue weighted by Crippen LogP contribution is -2.16. The lowest BCUT2D eigenvalue weighted by atomic mass is 9.90. The number of phenols is 1. The molecule has 0 fully saturated rings. The summed E-state index contributed by atoms with van der Waals surface area (Å²) in [4.78, 5) is 10.7. The third kappa shape index (κ3) is 3.33. The van der Waals surface area contributed by atoms with E-state index < -0.39 is 12.0 Å². The first-order valence-electron chi connectivity index (χ1n) is 7.01. The number of carboxylic acid groups (broad SMARTS) is 1. The molecule has 5 heteroatoms. The van der Waals surface area contributed by atoms with Crippen LogP contribution in [0.4, 0.5) is 0 Å². The maximum Gasteiger partial charge on any atom is 0.303 e. The number of aryl methyl sites for hydroxylation is 1. The van der Waals surface area contributed by atoms with Gasteiger partial charge in [-0.1, -0.05) is 6.42 Å². The van der Waals surface area contributed by atoms with Crippen LogP contribution in [0.1, 0.15) is 54.8 Å². The van der Waals surface area contributed by atoms with Crippen LogP contribution in [0.5, 0.6) is 5.75 Å². The highest BCUT2D eigenvalue weighted by molar-refractivity contribution is 9.10. The van der Waals surface area contributed by atoms with Gasteiger partial charge in [-0.25, -0.2) is 0 Å². The number of benzene rings is 1. The van der Waals surface area contributed by atoms with E-state index in [0.717, 1.165) is 36.8 Å². The van der Waals surface area contributed by atoms with Crippen molar-refractivity contribution in [3.8, 4) is 5.75 Å². The van der Waals surface area contributed by atoms with E-state index in [0.29, 0.717) is 10.9 Å². The number of hydrogen-bond donors (Lipinski definition) is 3. The van der Waals surface area contributed by atoms with Crippen molar-refractivity contribution in [3.63, 3.8) is 0 Å². The fraction of sp³-hybridized carbons (Fsp3) is 0.533. The SMILES string of the molecule is NC(CCC(=O)O)c1c(O)c(Br)cc2c1CCCCC2. The van der Waals surface area contributed by atoms with Gasteiger partial charge in [0, 0.05) is 18.0 Å². The molecule has 1 aromatic carbocycles. The summed E-state index contributed by atoms with van der Waals surface area (Å²) < 4.78 is 0.652. The highest BCUT2D eigenvalue weighted by atomic mass is 79.9. The predicted molar refractivity (Wildman–Crippen MR) is 80.9 cm³/mol. The van der Waals surface area contributed by atoms with Gasteiger partial charge in [0.05, 0.1) is 4.47 Å². The third-order valence-electron chi connectivity index (χ3n) is 3.91. The largest absolute Gasteiger partial charge is 0.506 e. The van der Waals surface area contributed by atoms with Gasteiger partial charge in [0.25, 0.3) is 0 Å². The number of hydrogen-bond acceptors (Lipinski definition) is 3. The molecule has 1 aromatic rings. The first-order valence-corrected chi connectivity index (χ1v) is 7.80. The quantitative estimate of drug-likeness (QED) is 0.733. The summed E-state index contributed by atoms with van der Waals surface area (Å²) in [5.74, 6) is -0.690. The molecule has 0 spiro atoms. The molecular formula is C15H20BrNO3. The molecule has 1 aliphatic carbocycles. The monoisotopic (exact) mass is 341 g/mol. The zero-order valence-electron chi connectivity index (χ0n) is 11.4. The Labute approximate surface area is 127 Å². The number of aliphatic carboxylic acids is 1. The van der Waals surface area contributed by atoms with Crippen LogP contribution < -0.4 is 5.73 Å². The molecule has 110 valence electrons. The second-order valence-electron chi connectivity index (χ2n) is 5.36. The van der Waals surface area contributed by atoms with E-state index in [1.54, 1.807) is 0 Å². The van der Waals surface area contributed by atoms with E-state index in [-0.39, 0.29) is 12.2 Å². The Balaban J connectivity index is 2.39. The van der Waals surface area contributed by atoms with Gasteiger partial charge >= 0.3 is 5.97 Å². The molecule has 0 saturated carbocycles. The Morgan fingerprint density at radius 1 is 1.35 bits per heavy atom. The van der Waals surface area contributed by atoms with Gasteiger partial charge in [-0.15, -0.1) is 0 Å². The van der Waals surface area contributed by atoms with Gasteiger partial charge in [0.1, 0.15) is 5.75 Å². The molecule has 20 heavy (non-hydrogen) atoms. The van der Waals surface area contributed by atoms with E-state index in [2.05, 4.69) is 15.9 Å². The first-order chi connectivity index (χ1) is 9.50. The van der Waals surface area contributed by atoms with Crippen molar-refractivity contribution in [3.05, 3.63) is 27.2 Å². The molecule has 0 amide bonds.